The van der Waals surface area contributed by atoms with Gasteiger partial charge in [-0.15, -0.1) is 0 Å². The molecule has 2 rings (SSSR count). The maximum Gasteiger partial charge on any atom is 0.228 e. The fourth-order valence-corrected chi connectivity index (χ4v) is 2.81. The summed E-state index contributed by atoms with van der Waals surface area (Å²) in [6.07, 6.45) is 4.04. The van der Waals surface area contributed by atoms with Crippen LogP contribution in [0.5, 0.6) is 0 Å². The van der Waals surface area contributed by atoms with E-state index in [1.165, 1.54) is 0 Å². The molecule has 1 aliphatic rings. The normalized spacial score (nSPS) is 23.7. The Morgan fingerprint density at radius 3 is 2.82 bits per heavy atom. The second-order valence-electron chi connectivity index (χ2n) is 4.09. The molecule has 2 atom stereocenters. The van der Waals surface area contributed by atoms with Crippen LogP contribution in [0.2, 0.25) is 0 Å². The quantitative estimate of drug-likeness (QED) is 0.842. The van der Waals surface area contributed by atoms with E-state index in [0.29, 0.717) is 15.0 Å². The number of aromatic nitrogens is 2. The second-order valence-corrected chi connectivity index (χ2v) is 5.66. The maximum atomic E-state index is 11.9. The van der Waals surface area contributed by atoms with Crippen molar-refractivity contribution in [3.8, 4) is 0 Å². The number of hydrogen-bond acceptors (Lipinski definition) is 4. The second kappa shape index (κ2) is 5.41. The molecular weight excluding hydrogens is 352 g/mol. The summed E-state index contributed by atoms with van der Waals surface area (Å²) >= 11 is 6.46. The average molecular weight is 364 g/mol. The Morgan fingerprint density at radius 2 is 2.24 bits per heavy atom. The highest BCUT2D eigenvalue weighted by atomic mass is 79.9. The van der Waals surface area contributed by atoms with E-state index in [2.05, 4.69) is 47.1 Å². The fraction of sp³-hybridized carbons (Fsp3) is 0.500. The minimum Gasteiger partial charge on any atom is -0.328 e. The number of amides is 1. The Kier molecular flexibility index (Phi) is 4.11. The third kappa shape index (κ3) is 3.23. The van der Waals surface area contributed by atoms with Gasteiger partial charge < -0.3 is 11.1 Å². The molecule has 92 valence electrons. The van der Waals surface area contributed by atoms with Crippen LogP contribution in [-0.4, -0.2) is 21.9 Å². The largest absolute Gasteiger partial charge is 0.328 e. The average Bonchev–Trinajstić information content (AvgIpc) is 2.69. The van der Waals surface area contributed by atoms with Gasteiger partial charge in [-0.25, -0.2) is 9.97 Å². The summed E-state index contributed by atoms with van der Waals surface area (Å²) in [5, 5.41) is 2.76. The van der Waals surface area contributed by atoms with Crippen LogP contribution in [0.4, 0.5) is 5.82 Å². The SMILES string of the molecule is NC1CCC(C(=O)Nc2ncc(Br)nc2Br)C1. The van der Waals surface area contributed by atoms with Gasteiger partial charge in [0.15, 0.2) is 5.82 Å². The van der Waals surface area contributed by atoms with E-state index in [4.69, 9.17) is 5.73 Å². The first-order valence-corrected chi connectivity index (χ1v) is 6.89. The van der Waals surface area contributed by atoms with Gasteiger partial charge in [0.2, 0.25) is 5.91 Å². The number of hydrogen-bond donors (Lipinski definition) is 2. The third-order valence-corrected chi connectivity index (χ3v) is 3.72. The first kappa shape index (κ1) is 12.9. The fourth-order valence-electron chi connectivity index (χ4n) is 1.90. The first-order chi connectivity index (χ1) is 8.06. The van der Waals surface area contributed by atoms with Crippen molar-refractivity contribution in [2.75, 3.05) is 5.32 Å². The Hall–Kier alpha value is -0.530. The predicted octanol–water partition coefficient (Wildman–Crippen LogP) is 2.07. The van der Waals surface area contributed by atoms with Crippen molar-refractivity contribution in [2.24, 2.45) is 11.7 Å². The number of anilines is 1. The smallest absolute Gasteiger partial charge is 0.228 e. The van der Waals surface area contributed by atoms with Gasteiger partial charge in [0.05, 0.1) is 6.20 Å². The Bertz CT molecular complexity index is 440. The molecule has 0 spiro atoms. The van der Waals surface area contributed by atoms with E-state index >= 15 is 0 Å². The standard InChI is InChI=1S/C10H12Br2N4O/c11-7-4-14-9(8(12)15-7)16-10(17)5-1-2-6(13)3-5/h4-6H,1-3,13H2,(H,14,16,17). The molecule has 0 radical (unpaired) electrons. The zero-order chi connectivity index (χ0) is 12.4. The lowest BCUT2D eigenvalue weighted by molar-refractivity contribution is -0.119. The molecule has 3 N–H and O–H groups in total. The lowest BCUT2D eigenvalue weighted by atomic mass is 10.1. The van der Waals surface area contributed by atoms with Crippen molar-refractivity contribution < 1.29 is 4.79 Å². The first-order valence-electron chi connectivity index (χ1n) is 5.30. The molecule has 1 saturated carbocycles. The van der Waals surface area contributed by atoms with E-state index in [1.54, 1.807) is 6.20 Å². The number of nitrogens with two attached hydrogens (primary N) is 1. The van der Waals surface area contributed by atoms with E-state index in [-0.39, 0.29) is 17.9 Å². The van der Waals surface area contributed by atoms with Gasteiger partial charge in [0.1, 0.15) is 9.21 Å². The van der Waals surface area contributed by atoms with Gasteiger partial charge in [-0.1, -0.05) is 0 Å². The van der Waals surface area contributed by atoms with Crippen LogP contribution in [-0.2, 0) is 4.79 Å². The molecule has 17 heavy (non-hydrogen) atoms. The predicted molar refractivity (Wildman–Crippen MR) is 71.4 cm³/mol. The van der Waals surface area contributed by atoms with Gasteiger partial charge in [-0.05, 0) is 51.1 Å². The van der Waals surface area contributed by atoms with Crippen molar-refractivity contribution in [3.05, 3.63) is 15.4 Å². The molecule has 0 bridgehead atoms. The number of carbonyl (C=O) groups is 1. The minimum absolute atomic E-state index is 0.0117. The molecule has 1 aliphatic carbocycles. The topological polar surface area (TPSA) is 80.9 Å². The summed E-state index contributed by atoms with van der Waals surface area (Å²) in [4.78, 5) is 20.1. The van der Waals surface area contributed by atoms with E-state index in [1.807, 2.05) is 0 Å². The lowest BCUT2D eigenvalue weighted by Crippen LogP contribution is -2.23. The Morgan fingerprint density at radius 1 is 1.47 bits per heavy atom. The van der Waals surface area contributed by atoms with Crippen molar-refractivity contribution in [2.45, 2.75) is 25.3 Å². The minimum atomic E-state index is -0.0322. The number of carbonyl (C=O) groups excluding carboxylic acids is 1. The molecule has 2 unspecified atom stereocenters. The van der Waals surface area contributed by atoms with Crippen LogP contribution in [0.25, 0.3) is 0 Å². The number of nitrogens with zero attached hydrogens (tertiary/aromatic N) is 2. The van der Waals surface area contributed by atoms with Crippen LogP contribution >= 0.6 is 31.9 Å². The molecular formula is C10H12Br2N4O. The van der Waals surface area contributed by atoms with Gasteiger partial charge >= 0.3 is 0 Å². The molecule has 0 saturated heterocycles. The van der Waals surface area contributed by atoms with Crippen molar-refractivity contribution >= 4 is 43.6 Å². The summed E-state index contributed by atoms with van der Waals surface area (Å²) < 4.78 is 1.13. The number of rotatable bonds is 2. The van der Waals surface area contributed by atoms with Crippen molar-refractivity contribution in [1.29, 1.82) is 0 Å². The molecule has 1 fully saturated rings. The molecule has 7 heteroatoms. The van der Waals surface area contributed by atoms with Crippen molar-refractivity contribution in [3.63, 3.8) is 0 Å². The Balaban J connectivity index is 2.03. The molecule has 5 nitrogen and oxygen atoms in total. The van der Waals surface area contributed by atoms with E-state index < -0.39 is 0 Å². The zero-order valence-corrected chi connectivity index (χ0v) is 12.2. The van der Waals surface area contributed by atoms with Crippen LogP contribution in [0.1, 0.15) is 19.3 Å². The van der Waals surface area contributed by atoms with Gasteiger partial charge in [0.25, 0.3) is 0 Å². The number of nitrogens with one attached hydrogen (secondary N) is 1. The van der Waals surface area contributed by atoms with Gasteiger partial charge in [-0.2, -0.15) is 0 Å². The summed E-state index contributed by atoms with van der Waals surface area (Å²) in [5.41, 5.74) is 5.78. The summed E-state index contributed by atoms with van der Waals surface area (Å²) in [6, 6.07) is 0.144. The highest BCUT2D eigenvalue weighted by molar-refractivity contribution is 9.11. The molecule has 1 aromatic rings. The van der Waals surface area contributed by atoms with Gasteiger partial charge in [-0.3, -0.25) is 4.79 Å². The zero-order valence-electron chi connectivity index (χ0n) is 8.99. The van der Waals surface area contributed by atoms with Crippen molar-refractivity contribution in [1.82, 2.24) is 9.97 Å². The molecule has 0 aromatic carbocycles. The summed E-state index contributed by atoms with van der Waals surface area (Å²) in [7, 11) is 0. The highest BCUT2D eigenvalue weighted by Crippen LogP contribution is 2.26. The summed E-state index contributed by atoms with van der Waals surface area (Å²) in [6.45, 7) is 0. The lowest BCUT2D eigenvalue weighted by Gasteiger charge is -2.10. The molecule has 1 aromatic heterocycles. The molecule has 0 aliphatic heterocycles. The monoisotopic (exact) mass is 362 g/mol. The molecule has 1 heterocycles. The highest BCUT2D eigenvalue weighted by Gasteiger charge is 2.28. The van der Waals surface area contributed by atoms with Crippen LogP contribution in [0.3, 0.4) is 0 Å². The summed E-state index contributed by atoms with van der Waals surface area (Å²) in [5.74, 6) is 0.399. The van der Waals surface area contributed by atoms with Crippen LogP contribution < -0.4 is 11.1 Å². The van der Waals surface area contributed by atoms with Crippen LogP contribution in [0.15, 0.2) is 15.4 Å². The maximum absolute atomic E-state index is 11.9. The van der Waals surface area contributed by atoms with E-state index in [0.717, 1.165) is 19.3 Å². The number of halogens is 2. The van der Waals surface area contributed by atoms with Crippen LogP contribution in [0, 0.1) is 5.92 Å². The van der Waals surface area contributed by atoms with Gasteiger partial charge in [0, 0.05) is 12.0 Å². The molecule has 1 amide bonds. The Labute approximate surface area is 116 Å². The van der Waals surface area contributed by atoms with E-state index in [9.17, 15) is 4.79 Å². The third-order valence-electron chi connectivity index (χ3n) is 2.79.